The molecule has 2 atom stereocenters. The Balaban J connectivity index is 2.08. The highest BCUT2D eigenvalue weighted by Gasteiger charge is 2.34. The third-order valence-electron chi connectivity index (χ3n) is 6.65. The molecule has 2 amide bonds. The Kier molecular flexibility index (Phi) is 11.0. The molecular weight excluding hydrogens is 569 g/mol. The molecule has 0 aliphatic heterocycles. The maximum atomic E-state index is 14.1. The Morgan fingerprint density at radius 2 is 1.57 bits per heavy atom. The third-order valence-corrected chi connectivity index (χ3v) is 8.98. The van der Waals surface area contributed by atoms with Gasteiger partial charge in [0.05, 0.1) is 15.6 Å². The molecule has 0 fully saturated rings. The van der Waals surface area contributed by atoms with E-state index in [0.717, 1.165) is 21.9 Å². The van der Waals surface area contributed by atoms with Gasteiger partial charge >= 0.3 is 0 Å². The molecule has 0 radical (unpaired) electrons. The lowest BCUT2D eigenvalue weighted by molar-refractivity contribution is -0.140. The van der Waals surface area contributed by atoms with Gasteiger partial charge in [0.25, 0.3) is 10.0 Å². The van der Waals surface area contributed by atoms with Gasteiger partial charge in [0.1, 0.15) is 12.6 Å². The first kappa shape index (κ1) is 31.5. The van der Waals surface area contributed by atoms with Crippen molar-refractivity contribution in [3.63, 3.8) is 0 Å². The molecule has 40 heavy (non-hydrogen) atoms. The molecule has 0 aliphatic carbocycles. The van der Waals surface area contributed by atoms with Crippen LogP contribution in [0.25, 0.3) is 0 Å². The average molecular weight is 605 g/mol. The topological polar surface area (TPSA) is 86.8 Å². The zero-order valence-electron chi connectivity index (χ0n) is 23.1. The summed E-state index contributed by atoms with van der Waals surface area (Å²) < 4.78 is 28.7. The predicted molar refractivity (Wildman–Crippen MR) is 161 cm³/mol. The number of carbonyl (C=O) groups is 2. The van der Waals surface area contributed by atoms with Crippen LogP contribution in [0.15, 0.2) is 77.7 Å². The van der Waals surface area contributed by atoms with E-state index in [2.05, 4.69) is 5.32 Å². The standard InChI is InChI=1S/C30H35Cl2N3O4S/c1-5-22(4)33-30(37)27(6-2)34(19-23-14-12-21(3)13-15-23)29(36)20-35(28-18-24(31)16-17-26(28)32)40(38,39)25-10-8-7-9-11-25/h7-18,22,27H,5-6,19-20H2,1-4H3,(H,33,37)/t22-,27+/m1/s1. The zero-order chi connectivity index (χ0) is 29.4. The number of nitrogens with zero attached hydrogens (tertiary/aromatic N) is 2. The molecule has 3 aromatic rings. The second-order valence-corrected chi connectivity index (χ2v) is 12.4. The van der Waals surface area contributed by atoms with Crippen molar-refractivity contribution >= 4 is 50.7 Å². The quantitative estimate of drug-likeness (QED) is 0.266. The van der Waals surface area contributed by atoms with Crippen LogP contribution in [0.1, 0.15) is 44.7 Å². The maximum absolute atomic E-state index is 14.1. The van der Waals surface area contributed by atoms with Gasteiger partial charge in [-0.3, -0.25) is 13.9 Å². The predicted octanol–water partition coefficient (Wildman–Crippen LogP) is 6.22. The van der Waals surface area contributed by atoms with Crippen molar-refractivity contribution < 1.29 is 18.0 Å². The summed E-state index contributed by atoms with van der Waals surface area (Å²) in [5.74, 6) is -0.849. The molecule has 10 heteroatoms. The fourth-order valence-corrected chi connectivity index (χ4v) is 6.04. The number of sulfonamides is 1. The number of carbonyl (C=O) groups excluding carboxylic acids is 2. The molecule has 214 valence electrons. The van der Waals surface area contributed by atoms with Crippen molar-refractivity contribution in [2.45, 2.75) is 64.1 Å². The molecular formula is C30H35Cl2N3O4S. The van der Waals surface area contributed by atoms with Gasteiger partial charge in [0, 0.05) is 17.6 Å². The second-order valence-electron chi connectivity index (χ2n) is 9.67. The monoisotopic (exact) mass is 603 g/mol. The second kappa shape index (κ2) is 14.0. The Morgan fingerprint density at radius 3 is 2.17 bits per heavy atom. The molecule has 0 saturated heterocycles. The lowest BCUT2D eigenvalue weighted by Gasteiger charge is -2.34. The Labute approximate surface area is 247 Å². The number of rotatable bonds is 12. The van der Waals surface area contributed by atoms with Crippen LogP contribution >= 0.6 is 23.2 Å². The van der Waals surface area contributed by atoms with E-state index in [9.17, 15) is 18.0 Å². The van der Waals surface area contributed by atoms with Gasteiger partial charge in [-0.1, -0.05) is 85.1 Å². The lowest BCUT2D eigenvalue weighted by atomic mass is 10.1. The van der Waals surface area contributed by atoms with Crippen molar-refractivity contribution in [2.75, 3.05) is 10.8 Å². The van der Waals surface area contributed by atoms with Crippen molar-refractivity contribution in [3.8, 4) is 0 Å². The number of anilines is 1. The Morgan fingerprint density at radius 1 is 0.925 bits per heavy atom. The largest absolute Gasteiger partial charge is 0.352 e. The van der Waals surface area contributed by atoms with E-state index in [-0.39, 0.29) is 39.1 Å². The number of halogens is 2. The van der Waals surface area contributed by atoms with Crippen molar-refractivity contribution in [1.82, 2.24) is 10.2 Å². The van der Waals surface area contributed by atoms with Gasteiger partial charge in [-0.2, -0.15) is 0 Å². The highest BCUT2D eigenvalue weighted by molar-refractivity contribution is 7.92. The fourth-order valence-electron chi connectivity index (χ4n) is 4.16. The van der Waals surface area contributed by atoms with Gasteiger partial charge in [0.15, 0.2) is 0 Å². The van der Waals surface area contributed by atoms with Crippen LogP contribution in [-0.2, 0) is 26.2 Å². The highest BCUT2D eigenvalue weighted by atomic mass is 35.5. The number of nitrogens with one attached hydrogen (secondary N) is 1. The first-order valence-electron chi connectivity index (χ1n) is 13.2. The van der Waals surface area contributed by atoms with Crippen LogP contribution in [0.2, 0.25) is 10.0 Å². The van der Waals surface area contributed by atoms with Crippen molar-refractivity contribution in [2.24, 2.45) is 0 Å². The number of hydrogen-bond acceptors (Lipinski definition) is 4. The molecule has 0 aliphatic rings. The lowest BCUT2D eigenvalue weighted by Crippen LogP contribution is -2.53. The number of hydrogen-bond donors (Lipinski definition) is 1. The van der Waals surface area contributed by atoms with E-state index >= 15 is 0 Å². The number of benzene rings is 3. The summed E-state index contributed by atoms with van der Waals surface area (Å²) in [4.78, 5) is 28.9. The summed E-state index contributed by atoms with van der Waals surface area (Å²) in [5.41, 5.74) is 1.93. The molecule has 0 aromatic heterocycles. The minimum Gasteiger partial charge on any atom is -0.352 e. The molecule has 0 saturated carbocycles. The highest BCUT2D eigenvalue weighted by Crippen LogP contribution is 2.33. The van der Waals surface area contributed by atoms with Gasteiger partial charge in [-0.15, -0.1) is 0 Å². The minimum atomic E-state index is -4.23. The van der Waals surface area contributed by atoms with Crippen LogP contribution in [-0.4, -0.2) is 43.8 Å². The van der Waals surface area contributed by atoms with Crippen LogP contribution < -0.4 is 9.62 Å². The summed E-state index contributed by atoms with van der Waals surface area (Å²) in [5, 5.41) is 3.34. The van der Waals surface area contributed by atoms with Gasteiger partial charge < -0.3 is 10.2 Å². The van der Waals surface area contributed by atoms with Gasteiger partial charge in [-0.05, 0) is 62.6 Å². The summed E-state index contributed by atoms with van der Waals surface area (Å²) in [7, 11) is -4.23. The van der Waals surface area contributed by atoms with Crippen molar-refractivity contribution in [1.29, 1.82) is 0 Å². The Bertz CT molecular complexity index is 1420. The molecule has 0 unspecified atom stereocenters. The SMILES string of the molecule is CC[C@@H](C)NC(=O)[C@H](CC)N(Cc1ccc(C)cc1)C(=O)CN(c1cc(Cl)ccc1Cl)S(=O)(=O)c1ccccc1. The van der Waals surface area contributed by atoms with Crippen LogP contribution in [0, 0.1) is 6.92 Å². The molecule has 1 N–H and O–H groups in total. The molecule has 0 heterocycles. The van der Waals surface area contributed by atoms with Crippen LogP contribution in [0.3, 0.4) is 0 Å². The van der Waals surface area contributed by atoms with E-state index in [4.69, 9.17) is 23.2 Å². The zero-order valence-corrected chi connectivity index (χ0v) is 25.4. The van der Waals surface area contributed by atoms with Gasteiger partial charge in [0.2, 0.25) is 11.8 Å². The number of aryl methyl sites for hydroxylation is 1. The van der Waals surface area contributed by atoms with Gasteiger partial charge in [-0.25, -0.2) is 8.42 Å². The average Bonchev–Trinajstić information content (AvgIpc) is 2.94. The summed E-state index contributed by atoms with van der Waals surface area (Å²) >= 11 is 12.7. The van der Waals surface area contributed by atoms with Crippen LogP contribution in [0.5, 0.6) is 0 Å². The van der Waals surface area contributed by atoms with E-state index in [1.54, 1.807) is 24.3 Å². The number of amides is 2. The third kappa shape index (κ3) is 7.77. The Hall–Kier alpha value is -3.07. The summed E-state index contributed by atoms with van der Waals surface area (Å²) in [6.45, 7) is 7.17. The van der Waals surface area contributed by atoms with E-state index in [1.807, 2.05) is 52.0 Å². The van der Waals surface area contributed by atoms with E-state index < -0.39 is 28.5 Å². The normalized spacial score (nSPS) is 12.8. The summed E-state index contributed by atoms with van der Waals surface area (Å²) in [6, 6.07) is 19.0. The molecule has 7 nitrogen and oxygen atoms in total. The van der Waals surface area contributed by atoms with E-state index in [0.29, 0.717) is 6.42 Å². The van der Waals surface area contributed by atoms with Crippen LogP contribution in [0.4, 0.5) is 5.69 Å². The fraction of sp³-hybridized carbons (Fsp3) is 0.333. The molecule has 0 spiro atoms. The maximum Gasteiger partial charge on any atom is 0.264 e. The molecule has 3 rings (SSSR count). The van der Waals surface area contributed by atoms with E-state index in [1.165, 1.54) is 29.2 Å². The summed E-state index contributed by atoms with van der Waals surface area (Å²) in [6.07, 6.45) is 1.06. The van der Waals surface area contributed by atoms with Crippen molar-refractivity contribution in [3.05, 3.63) is 94.0 Å². The minimum absolute atomic E-state index is 0.00881. The first-order valence-corrected chi connectivity index (χ1v) is 15.4. The first-order chi connectivity index (χ1) is 19.0. The molecule has 0 bridgehead atoms. The smallest absolute Gasteiger partial charge is 0.264 e. The molecule has 3 aromatic carbocycles.